The summed E-state index contributed by atoms with van der Waals surface area (Å²) in [6.45, 7) is -0.232. The van der Waals surface area contributed by atoms with Crippen molar-refractivity contribution in [2.24, 2.45) is 0 Å². The Labute approximate surface area is 108 Å². The molecule has 102 valence electrons. The molecule has 7 nitrogen and oxygen atoms in total. The molecular weight excluding hydrogens is 257 g/mol. The smallest absolute Gasteiger partial charge is 0.304 e. The highest BCUT2D eigenvalue weighted by molar-refractivity contribution is 5.96. The lowest BCUT2D eigenvalue weighted by molar-refractivity contribution is -0.387. The largest absolute Gasteiger partial charge is 0.347 e. The maximum Gasteiger partial charge on any atom is 0.304 e. The first-order valence-electron chi connectivity index (χ1n) is 5.25. The van der Waals surface area contributed by atoms with Crippen molar-refractivity contribution in [1.82, 2.24) is 10.2 Å². The van der Waals surface area contributed by atoms with Gasteiger partial charge in [-0.2, -0.15) is 4.39 Å². The maximum atomic E-state index is 13.3. The Balaban J connectivity index is 2.76. The number of likely N-dealkylation sites (N-methyl/N-ethyl adjacent to an activating group) is 1. The van der Waals surface area contributed by atoms with E-state index in [0.717, 1.165) is 18.2 Å². The summed E-state index contributed by atoms with van der Waals surface area (Å²) in [5.41, 5.74) is -0.796. The number of rotatable bonds is 4. The molecule has 0 saturated heterocycles. The first-order valence-corrected chi connectivity index (χ1v) is 5.25. The van der Waals surface area contributed by atoms with Crippen molar-refractivity contribution in [3.05, 3.63) is 39.7 Å². The number of halogens is 1. The molecule has 0 fully saturated rings. The van der Waals surface area contributed by atoms with Crippen LogP contribution in [0.1, 0.15) is 10.4 Å². The number of carbonyl (C=O) groups excluding carboxylic acids is 2. The van der Waals surface area contributed by atoms with Gasteiger partial charge in [-0.05, 0) is 12.1 Å². The second-order valence-corrected chi connectivity index (χ2v) is 3.89. The number of nitrogens with one attached hydrogen (secondary N) is 1. The lowest BCUT2D eigenvalue weighted by Crippen LogP contribution is -2.36. The molecule has 0 aliphatic heterocycles. The van der Waals surface area contributed by atoms with E-state index in [1.807, 2.05) is 0 Å². The maximum absolute atomic E-state index is 13.3. The van der Waals surface area contributed by atoms with E-state index in [1.165, 1.54) is 19.0 Å². The Bertz CT molecular complexity index is 531. The molecule has 0 unspecified atom stereocenters. The van der Waals surface area contributed by atoms with Gasteiger partial charge in [0.05, 0.1) is 11.5 Å². The monoisotopic (exact) mass is 269 g/mol. The van der Waals surface area contributed by atoms with Gasteiger partial charge >= 0.3 is 5.69 Å². The van der Waals surface area contributed by atoms with Crippen molar-refractivity contribution in [2.75, 3.05) is 20.6 Å². The molecular formula is C11H12FN3O4. The summed E-state index contributed by atoms with van der Waals surface area (Å²) in [6.07, 6.45) is 0. The van der Waals surface area contributed by atoms with Crippen molar-refractivity contribution in [3.63, 3.8) is 0 Å². The Morgan fingerprint density at radius 1 is 1.42 bits per heavy atom. The predicted octanol–water partition coefficient (Wildman–Crippen LogP) is 0.552. The second kappa shape index (κ2) is 5.89. The van der Waals surface area contributed by atoms with E-state index in [9.17, 15) is 24.1 Å². The van der Waals surface area contributed by atoms with Crippen LogP contribution in [0.25, 0.3) is 0 Å². The van der Waals surface area contributed by atoms with Gasteiger partial charge in [0.2, 0.25) is 11.7 Å². The number of nitrogens with zero attached hydrogens (tertiary/aromatic N) is 2. The molecule has 19 heavy (non-hydrogen) atoms. The van der Waals surface area contributed by atoms with E-state index >= 15 is 0 Å². The van der Waals surface area contributed by atoms with Crippen LogP contribution in [0.15, 0.2) is 18.2 Å². The van der Waals surface area contributed by atoms with Gasteiger partial charge in [-0.25, -0.2) is 0 Å². The topological polar surface area (TPSA) is 92.6 Å². The van der Waals surface area contributed by atoms with Gasteiger partial charge in [-0.1, -0.05) is 0 Å². The first kappa shape index (κ1) is 14.6. The predicted molar refractivity (Wildman–Crippen MR) is 64.1 cm³/mol. The van der Waals surface area contributed by atoms with Crippen LogP contribution in [0.3, 0.4) is 0 Å². The number of hydrogen-bond acceptors (Lipinski definition) is 4. The van der Waals surface area contributed by atoms with Gasteiger partial charge in [0.25, 0.3) is 5.91 Å². The SMILES string of the molecule is CN(C)C(=O)CNC(=O)c1ccc([N+](=O)[O-])c(F)c1. The number of benzene rings is 1. The van der Waals surface area contributed by atoms with Crippen molar-refractivity contribution < 1.29 is 18.9 Å². The normalized spacial score (nSPS) is 9.84. The zero-order valence-corrected chi connectivity index (χ0v) is 10.3. The third-order valence-electron chi connectivity index (χ3n) is 2.31. The Morgan fingerprint density at radius 2 is 2.05 bits per heavy atom. The van der Waals surface area contributed by atoms with E-state index in [4.69, 9.17) is 0 Å². The summed E-state index contributed by atoms with van der Waals surface area (Å²) < 4.78 is 13.3. The molecule has 0 saturated carbocycles. The molecule has 0 heterocycles. The van der Waals surface area contributed by atoms with Crippen molar-refractivity contribution in [2.45, 2.75) is 0 Å². The Kier molecular flexibility index (Phi) is 4.51. The minimum atomic E-state index is -1.10. The van der Waals surface area contributed by atoms with E-state index in [2.05, 4.69) is 5.32 Å². The van der Waals surface area contributed by atoms with Gasteiger partial charge in [0.15, 0.2) is 0 Å². The van der Waals surface area contributed by atoms with Gasteiger partial charge < -0.3 is 10.2 Å². The van der Waals surface area contributed by atoms with Crippen molar-refractivity contribution in [1.29, 1.82) is 0 Å². The molecule has 0 atom stereocenters. The molecule has 0 bridgehead atoms. The minimum absolute atomic E-state index is 0.0883. The van der Waals surface area contributed by atoms with Crippen LogP contribution in [-0.2, 0) is 4.79 Å². The zero-order valence-electron chi connectivity index (χ0n) is 10.3. The van der Waals surface area contributed by atoms with Crippen LogP contribution >= 0.6 is 0 Å². The molecule has 0 aliphatic rings. The quantitative estimate of drug-likeness (QED) is 0.638. The molecule has 8 heteroatoms. The second-order valence-electron chi connectivity index (χ2n) is 3.89. The van der Waals surface area contributed by atoms with Crippen LogP contribution in [0.4, 0.5) is 10.1 Å². The van der Waals surface area contributed by atoms with Crippen LogP contribution in [0.5, 0.6) is 0 Å². The highest BCUT2D eigenvalue weighted by Gasteiger charge is 2.17. The summed E-state index contributed by atoms with van der Waals surface area (Å²) in [5, 5.41) is 12.7. The molecule has 2 amide bonds. The summed E-state index contributed by atoms with van der Waals surface area (Å²) in [4.78, 5) is 33.6. The molecule has 0 aliphatic carbocycles. The van der Waals surface area contributed by atoms with Crippen LogP contribution < -0.4 is 5.32 Å². The Morgan fingerprint density at radius 3 is 2.53 bits per heavy atom. The third-order valence-corrected chi connectivity index (χ3v) is 2.31. The fraction of sp³-hybridized carbons (Fsp3) is 0.273. The first-order chi connectivity index (χ1) is 8.82. The summed E-state index contributed by atoms with van der Waals surface area (Å²) in [5.74, 6) is -2.10. The highest BCUT2D eigenvalue weighted by Crippen LogP contribution is 2.17. The highest BCUT2D eigenvalue weighted by atomic mass is 19.1. The summed E-state index contributed by atoms with van der Waals surface area (Å²) in [6, 6.07) is 2.78. The van der Waals surface area contributed by atoms with Crippen molar-refractivity contribution >= 4 is 17.5 Å². The molecule has 1 aromatic rings. The molecule has 1 rings (SSSR count). The van der Waals surface area contributed by atoms with Crippen LogP contribution in [-0.4, -0.2) is 42.3 Å². The lowest BCUT2D eigenvalue weighted by Gasteiger charge is -2.10. The molecule has 1 N–H and O–H groups in total. The fourth-order valence-corrected chi connectivity index (χ4v) is 1.21. The minimum Gasteiger partial charge on any atom is -0.347 e. The number of carbonyl (C=O) groups is 2. The van der Waals surface area contributed by atoms with Gasteiger partial charge in [0.1, 0.15) is 0 Å². The average molecular weight is 269 g/mol. The van der Waals surface area contributed by atoms with E-state index in [-0.39, 0.29) is 18.0 Å². The number of hydrogen-bond donors (Lipinski definition) is 1. The number of nitro benzene ring substituents is 1. The van der Waals surface area contributed by atoms with Gasteiger partial charge in [-0.15, -0.1) is 0 Å². The Hall–Kier alpha value is -2.51. The molecule has 1 aromatic carbocycles. The zero-order chi connectivity index (χ0) is 14.6. The third kappa shape index (κ3) is 3.73. The molecule has 0 aromatic heterocycles. The van der Waals surface area contributed by atoms with Crippen LogP contribution in [0.2, 0.25) is 0 Å². The van der Waals surface area contributed by atoms with Crippen LogP contribution in [0, 0.1) is 15.9 Å². The van der Waals surface area contributed by atoms with E-state index < -0.39 is 22.3 Å². The molecule has 0 spiro atoms. The van der Waals surface area contributed by atoms with E-state index in [1.54, 1.807) is 0 Å². The summed E-state index contributed by atoms with van der Waals surface area (Å²) >= 11 is 0. The lowest BCUT2D eigenvalue weighted by atomic mass is 10.2. The van der Waals surface area contributed by atoms with Crippen molar-refractivity contribution in [3.8, 4) is 0 Å². The average Bonchev–Trinajstić information content (AvgIpc) is 2.34. The number of amides is 2. The van der Waals surface area contributed by atoms with E-state index in [0.29, 0.717) is 0 Å². The van der Waals surface area contributed by atoms with Gasteiger partial charge in [0, 0.05) is 25.7 Å². The number of nitro groups is 1. The summed E-state index contributed by atoms with van der Waals surface area (Å²) in [7, 11) is 3.06. The molecule has 0 radical (unpaired) electrons. The fourth-order valence-electron chi connectivity index (χ4n) is 1.21. The van der Waals surface area contributed by atoms with Gasteiger partial charge in [-0.3, -0.25) is 19.7 Å². The standard InChI is InChI=1S/C11H12FN3O4/c1-14(2)10(16)6-13-11(17)7-3-4-9(15(18)19)8(12)5-7/h3-5H,6H2,1-2H3,(H,13,17).